The molecular formula is C11H12ClNO3S. The van der Waals surface area contributed by atoms with Crippen LogP contribution in [-0.4, -0.2) is 26.3 Å². The molecule has 0 saturated carbocycles. The molecule has 1 unspecified atom stereocenters. The Kier molecular flexibility index (Phi) is 3.14. The molecule has 0 fully saturated rings. The highest BCUT2D eigenvalue weighted by Crippen LogP contribution is 2.29. The molecule has 1 aromatic rings. The Hall–Kier alpha value is -1.07. The molecule has 1 amide bonds. The van der Waals surface area contributed by atoms with Gasteiger partial charge in [-0.3, -0.25) is 4.79 Å². The first-order valence-corrected chi connectivity index (χ1v) is 7.59. The van der Waals surface area contributed by atoms with Crippen molar-refractivity contribution in [3.63, 3.8) is 0 Å². The Labute approximate surface area is 105 Å². The van der Waals surface area contributed by atoms with Crippen molar-refractivity contribution in [2.24, 2.45) is 0 Å². The topological polar surface area (TPSA) is 63.2 Å². The molecule has 0 spiro atoms. The zero-order valence-electron chi connectivity index (χ0n) is 9.23. The molecule has 1 aliphatic heterocycles. The summed E-state index contributed by atoms with van der Waals surface area (Å²) < 4.78 is 22.3. The smallest absolute Gasteiger partial charge is 0.228 e. The first-order valence-electron chi connectivity index (χ1n) is 5.09. The van der Waals surface area contributed by atoms with Gasteiger partial charge in [0.15, 0.2) is 0 Å². The van der Waals surface area contributed by atoms with Crippen molar-refractivity contribution < 1.29 is 13.2 Å². The van der Waals surface area contributed by atoms with Crippen LogP contribution in [0.1, 0.15) is 16.5 Å². The van der Waals surface area contributed by atoms with Crippen LogP contribution in [0, 0.1) is 0 Å². The van der Waals surface area contributed by atoms with E-state index in [0.717, 1.165) is 23.1 Å². The number of carbonyl (C=O) groups is 1. The number of halogens is 1. The predicted molar refractivity (Wildman–Crippen MR) is 67.1 cm³/mol. The summed E-state index contributed by atoms with van der Waals surface area (Å²) in [5.74, 6) is -0.152. The fraction of sp³-hybridized carbons (Fsp3) is 0.364. The number of alkyl halides is 1. The first-order chi connectivity index (χ1) is 7.85. The number of hydrogen-bond donors (Lipinski definition) is 1. The Morgan fingerprint density at radius 3 is 2.82 bits per heavy atom. The van der Waals surface area contributed by atoms with Crippen molar-refractivity contribution in [1.29, 1.82) is 0 Å². The summed E-state index contributed by atoms with van der Waals surface area (Å²) in [7, 11) is -3.11. The molecule has 1 heterocycles. The maximum Gasteiger partial charge on any atom is 0.228 e. The van der Waals surface area contributed by atoms with Crippen LogP contribution in [-0.2, 0) is 21.1 Å². The zero-order chi connectivity index (χ0) is 12.6. The van der Waals surface area contributed by atoms with Gasteiger partial charge in [0.1, 0.15) is 9.84 Å². The molecule has 4 nitrogen and oxygen atoms in total. The Bertz CT molecular complexity index is 568. The summed E-state index contributed by atoms with van der Waals surface area (Å²) in [6.45, 7) is 0. The van der Waals surface area contributed by atoms with E-state index in [-0.39, 0.29) is 11.7 Å². The summed E-state index contributed by atoms with van der Waals surface area (Å²) in [5, 5.41) is 2.13. The molecule has 0 aromatic heterocycles. The van der Waals surface area contributed by atoms with E-state index in [4.69, 9.17) is 11.6 Å². The third-order valence-electron chi connectivity index (χ3n) is 2.57. The highest BCUT2D eigenvalue weighted by molar-refractivity contribution is 7.90. The van der Waals surface area contributed by atoms with Crippen molar-refractivity contribution in [2.45, 2.75) is 11.8 Å². The number of benzene rings is 1. The third-order valence-corrected chi connectivity index (χ3v) is 4.09. The molecule has 0 bridgehead atoms. The van der Waals surface area contributed by atoms with Gasteiger partial charge in [-0.1, -0.05) is 12.1 Å². The fourth-order valence-electron chi connectivity index (χ4n) is 1.81. The highest BCUT2D eigenvalue weighted by Gasteiger charge is 2.20. The minimum Gasteiger partial charge on any atom is -0.326 e. The molecular weight excluding hydrogens is 262 g/mol. The van der Waals surface area contributed by atoms with E-state index in [2.05, 4.69) is 5.32 Å². The average Bonchev–Trinajstić information content (AvgIpc) is 2.53. The summed E-state index contributed by atoms with van der Waals surface area (Å²) in [5.41, 5.74) is 2.38. The van der Waals surface area contributed by atoms with Gasteiger partial charge in [0.2, 0.25) is 5.91 Å². The van der Waals surface area contributed by atoms with Crippen LogP contribution in [0.3, 0.4) is 0 Å². The molecule has 2 rings (SSSR count). The lowest BCUT2D eigenvalue weighted by Crippen LogP contribution is -2.09. The number of rotatable bonds is 3. The minimum absolute atomic E-state index is 0.0496. The van der Waals surface area contributed by atoms with Gasteiger partial charge in [-0.2, -0.15) is 0 Å². The van der Waals surface area contributed by atoms with E-state index in [9.17, 15) is 13.2 Å². The second kappa shape index (κ2) is 4.31. The molecule has 1 atom stereocenters. The molecule has 0 radical (unpaired) electrons. The van der Waals surface area contributed by atoms with Crippen molar-refractivity contribution in [3.8, 4) is 0 Å². The van der Waals surface area contributed by atoms with Crippen molar-refractivity contribution in [1.82, 2.24) is 0 Å². The van der Waals surface area contributed by atoms with Crippen LogP contribution < -0.4 is 5.32 Å². The monoisotopic (exact) mass is 273 g/mol. The van der Waals surface area contributed by atoms with Gasteiger partial charge in [0.05, 0.1) is 17.6 Å². The summed E-state index contributed by atoms with van der Waals surface area (Å²) in [6.07, 6.45) is 1.48. The van der Waals surface area contributed by atoms with E-state index in [0.29, 0.717) is 6.42 Å². The van der Waals surface area contributed by atoms with Gasteiger partial charge in [-0.25, -0.2) is 8.42 Å². The van der Waals surface area contributed by atoms with E-state index < -0.39 is 15.2 Å². The van der Waals surface area contributed by atoms with Crippen LogP contribution in [0.25, 0.3) is 0 Å². The largest absolute Gasteiger partial charge is 0.326 e. The minimum atomic E-state index is -3.11. The number of nitrogens with one attached hydrogen (secondary N) is 1. The van der Waals surface area contributed by atoms with Gasteiger partial charge in [0, 0.05) is 11.9 Å². The second-order valence-electron chi connectivity index (χ2n) is 4.20. The van der Waals surface area contributed by atoms with Crippen molar-refractivity contribution in [2.75, 3.05) is 17.3 Å². The quantitative estimate of drug-likeness (QED) is 0.849. The van der Waals surface area contributed by atoms with Crippen molar-refractivity contribution in [3.05, 3.63) is 29.3 Å². The van der Waals surface area contributed by atoms with Gasteiger partial charge in [0.25, 0.3) is 0 Å². The fourth-order valence-corrected chi connectivity index (χ4v) is 3.35. The average molecular weight is 274 g/mol. The molecule has 1 aliphatic rings. The highest BCUT2D eigenvalue weighted by atomic mass is 35.5. The number of anilines is 1. The van der Waals surface area contributed by atoms with Crippen LogP contribution in [0.5, 0.6) is 0 Å². The van der Waals surface area contributed by atoms with Crippen LogP contribution in [0.4, 0.5) is 5.69 Å². The van der Waals surface area contributed by atoms with E-state index in [1.807, 2.05) is 0 Å². The SMILES string of the molecule is CS(=O)(=O)CC(Cl)c1ccc2c(c1)CC(=O)N2. The van der Waals surface area contributed by atoms with Crippen LogP contribution >= 0.6 is 11.6 Å². The van der Waals surface area contributed by atoms with Gasteiger partial charge in [-0.15, -0.1) is 11.6 Å². The molecule has 17 heavy (non-hydrogen) atoms. The Morgan fingerprint density at radius 2 is 2.18 bits per heavy atom. The number of hydrogen-bond acceptors (Lipinski definition) is 3. The second-order valence-corrected chi connectivity index (χ2v) is 6.91. The molecule has 0 saturated heterocycles. The standard InChI is InChI=1S/C11H12ClNO3S/c1-17(15,16)6-9(12)7-2-3-10-8(4-7)5-11(14)13-10/h2-4,9H,5-6H2,1H3,(H,13,14). The summed E-state index contributed by atoms with van der Waals surface area (Å²) in [6, 6.07) is 5.29. The van der Waals surface area contributed by atoms with Crippen LogP contribution in [0.2, 0.25) is 0 Å². The van der Waals surface area contributed by atoms with Gasteiger partial charge in [-0.05, 0) is 17.2 Å². The van der Waals surface area contributed by atoms with Crippen LogP contribution in [0.15, 0.2) is 18.2 Å². The lowest BCUT2D eigenvalue weighted by atomic mass is 10.1. The third kappa shape index (κ3) is 2.98. The van der Waals surface area contributed by atoms with Gasteiger partial charge >= 0.3 is 0 Å². The maximum atomic E-state index is 11.2. The van der Waals surface area contributed by atoms with E-state index in [1.54, 1.807) is 18.2 Å². The molecule has 92 valence electrons. The molecule has 0 aliphatic carbocycles. The van der Waals surface area contributed by atoms with Crippen molar-refractivity contribution >= 4 is 33.0 Å². The van der Waals surface area contributed by atoms with Gasteiger partial charge < -0.3 is 5.32 Å². The Balaban J connectivity index is 2.24. The molecule has 1 N–H and O–H groups in total. The maximum absolute atomic E-state index is 11.2. The number of amides is 1. The summed E-state index contributed by atoms with van der Waals surface area (Å²) in [4.78, 5) is 11.2. The lowest BCUT2D eigenvalue weighted by molar-refractivity contribution is -0.115. The number of fused-ring (bicyclic) bond motifs is 1. The predicted octanol–water partition coefficient (Wildman–Crippen LogP) is 1.51. The molecule has 1 aromatic carbocycles. The van der Waals surface area contributed by atoms with E-state index >= 15 is 0 Å². The summed E-state index contributed by atoms with van der Waals surface area (Å²) >= 11 is 6.04. The Morgan fingerprint density at radius 1 is 1.47 bits per heavy atom. The lowest BCUT2D eigenvalue weighted by Gasteiger charge is -2.09. The number of carbonyl (C=O) groups excluding carboxylic acids is 1. The van der Waals surface area contributed by atoms with E-state index in [1.165, 1.54) is 0 Å². The molecule has 6 heteroatoms. The normalized spacial score (nSPS) is 16.5. The number of sulfone groups is 1. The zero-order valence-corrected chi connectivity index (χ0v) is 10.8. The first kappa shape index (κ1) is 12.4.